The Labute approximate surface area is 191 Å². The summed E-state index contributed by atoms with van der Waals surface area (Å²) in [6.45, 7) is 0.288. The van der Waals surface area contributed by atoms with E-state index in [0.29, 0.717) is 16.3 Å². The Kier molecular flexibility index (Phi) is 7.13. The van der Waals surface area contributed by atoms with Crippen molar-refractivity contribution >= 4 is 29.2 Å². The fourth-order valence-corrected chi connectivity index (χ4v) is 2.87. The topological polar surface area (TPSA) is 84.9 Å². The lowest BCUT2D eigenvalue weighted by Gasteiger charge is -2.14. The summed E-state index contributed by atoms with van der Waals surface area (Å²) in [4.78, 5) is 23.8. The van der Waals surface area contributed by atoms with Crippen molar-refractivity contribution in [3.63, 3.8) is 0 Å². The molecule has 0 radical (unpaired) electrons. The number of alkyl halides is 3. The van der Waals surface area contributed by atoms with E-state index < -0.39 is 24.7 Å². The van der Waals surface area contributed by atoms with Gasteiger partial charge in [-0.05, 0) is 67.1 Å². The summed E-state index contributed by atoms with van der Waals surface area (Å²) in [7, 11) is 0. The normalized spacial score (nSPS) is 11.1. The van der Waals surface area contributed by atoms with E-state index in [9.17, 15) is 22.8 Å². The molecule has 0 aliphatic carbocycles. The van der Waals surface area contributed by atoms with E-state index in [1.807, 2.05) is 0 Å². The number of benzene rings is 3. The predicted octanol–water partition coefficient (Wildman–Crippen LogP) is 6.33. The van der Waals surface area contributed by atoms with Crippen LogP contribution in [-0.4, -0.2) is 29.8 Å². The summed E-state index contributed by atoms with van der Waals surface area (Å²) in [6, 6.07) is 14.0. The van der Waals surface area contributed by atoms with Gasteiger partial charge in [0.2, 0.25) is 0 Å². The van der Waals surface area contributed by atoms with Crippen molar-refractivity contribution in [2.45, 2.75) is 13.1 Å². The molecule has 1 amide bonds. The summed E-state index contributed by atoms with van der Waals surface area (Å²) in [5.41, 5.74) is 1.21. The van der Waals surface area contributed by atoms with Crippen LogP contribution in [0.25, 0.3) is 0 Å². The third-order valence-electron chi connectivity index (χ3n) is 4.35. The minimum Gasteiger partial charge on any atom is -0.484 e. The second-order valence-corrected chi connectivity index (χ2v) is 7.32. The fourth-order valence-electron chi connectivity index (χ4n) is 2.72. The molecule has 3 rings (SSSR count). The monoisotopic (exact) mass is 479 g/mol. The SMILES string of the molecule is Cc1cc(C(=O)Nc2ccc(C(=O)O)cc2)c(Oc2ccc(OCC(F)(F)F)cc2)cc1Cl. The van der Waals surface area contributed by atoms with Crippen LogP contribution in [0.5, 0.6) is 17.2 Å². The lowest BCUT2D eigenvalue weighted by atomic mass is 10.1. The average molecular weight is 480 g/mol. The minimum atomic E-state index is -4.45. The molecule has 0 bridgehead atoms. The number of aromatic carboxylic acids is 1. The van der Waals surface area contributed by atoms with E-state index in [0.717, 1.165) is 0 Å². The van der Waals surface area contributed by atoms with Gasteiger partial charge in [-0.2, -0.15) is 13.2 Å². The van der Waals surface area contributed by atoms with Gasteiger partial charge in [0, 0.05) is 16.8 Å². The lowest BCUT2D eigenvalue weighted by molar-refractivity contribution is -0.153. The van der Waals surface area contributed by atoms with E-state index in [4.69, 9.17) is 21.4 Å². The predicted molar refractivity (Wildman–Crippen MR) is 116 cm³/mol. The van der Waals surface area contributed by atoms with Gasteiger partial charge >= 0.3 is 12.1 Å². The molecule has 0 saturated heterocycles. The number of hydrogen-bond donors (Lipinski definition) is 2. The Morgan fingerprint density at radius 2 is 1.61 bits per heavy atom. The van der Waals surface area contributed by atoms with Crippen molar-refractivity contribution in [1.82, 2.24) is 0 Å². The Bertz CT molecular complexity index is 1160. The molecule has 2 N–H and O–H groups in total. The smallest absolute Gasteiger partial charge is 0.422 e. The standard InChI is InChI=1S/C23H17ClF3NO5/c1-13-10-18(21(29)28-15-4-2-14(3-5-15)22(30)31)20(11-19(13)24)33-17-8-6-16(7-9-17)32-12-23(25,26)27/h2-11H,12H2,1H3,(H,28,29)(H,30,31). The number of nitrogens with one attached hydrogen (secondary N) is 1. The molecule has 0 saturated carbocycles. The highest BCUT2D eigenvalue weighted by molar-refractivity contribution is 6.31. The van der Waals surface area contributed by atoms with Crippen molar-refractivity contribution < 1.29 is 37.3 Å². The molecule has 6 nitrogen and oxygen atoms in total. The largest absolute Gasteiger partial charge is 0.484 e. The number of rotatable bonds is 7. The third-order valence-corrected chi connectivity index (χ3v) is 4.76. The van der Waals surface area contributed by atoms with Crippen LogP contribution in [0.2, 0.25) is 5.02 Å². The van der Waals surface area contributed by atoms with E-state index in [-0.39, 0.29) is 28.4 Å². The number of anilines is 1. The fraction of sp³-hybridized carbons (Fsp3) is 0.130. The zero-order valence-electron chi connectivity index (χ0n) is 17.1. The van der Waals surface area contributed by atoms with E-state index >= 15 is 0 Å². The summed E-state index contributed by atoms with van der Waals surface area (Å²) < 4.78 is 47.3. The van der Waals surface area contributed by atoms with Crippen LogP contribution < -0.4 is 14.8 Å². The zero-order valence-corrected chi connectivity index (χ0v) is 17.8. The van der Waals surface area contributed by atoms with Gasteiger partial charge in [0.05, 0.1) is 11.1 Å². The summed E-state index contributed by atoms with van der Waals surface area (Å²) in [5, 5.41) is 12.0. The van der Waals surface area contributed by atoms with Crippen LogP contribution in [0.15, 0.2) is 60.7 Å². The number of aryl methyl sites for hydroxylation is 1. The molecular formula is C23H17ClF3NO5. The molecule has 172 valence electrons. The summed E-state index contributed by atoms with van der Waals surface area (Å²) >= 11 is 6.18. The molecule has 3 aromatic rings. The first-order valence-electron chi connectivity index (χ1n) is 9.44. The molecule has 0 spiro atoms. The molecule has 0 aliphatic heterocycles. The first kappa shape index (κ1) is 23.9. The van der Waals surface area contributed by atoms with Crippen LogP contribution in [0, 0.1) is 6.92 Å². The van der Waals surface area contributed by atoms with Crippen LogP contribution in [0.4, 0.5) is 18.9 Å². The summed E-state index contributed by atoms with van der Waals surface area (Å²) in [6.07, 6.45) is -4.45. The van der Waals surface area contributed by atoms with E-state index in [1.165, 1.54) is 60.7 Å². The number of ether oxygens (including phenoxy) is 2. The maximum absolute atomic E-state index is 12.9. The number of carbonyl (C=O) groups excluding carboxylic acids is 1. The van der Waals surface area contributed by atoms with Crippen molar-refractivity contribution in [3.8, 4) is 17.2 Å². The zero-order chi connectivity index (χ0) is 24.2. The number of carboxylic acids is 1. The van der Waals surface area contributed by atoms with E-state index in [2.05, 4.69) is 10.1 Å². The molecule has 0 heterocycles. The van der Waals surface area contributed by atoms with Crippen LogP contribution in [-0.2, 0) is 0 Å². The number of carbonyl (C=O) groups is 2. The Morgan fingerprint density at radius 1 is 1.00 bits per heavy atom. The number of amides is 1. The van der Waals surface area contributed by atoms with Crippen molar-refractivity contribution in [1.29, 1.82) is 0 Å². The van der Waals surface area contributed by atoms with Gasteiger partial charge in [-0.25, -0.2) is 4.79 Å². The minimum absolute atomic E-state index is 0.00406. The van der Waals surface area contributed by atoms with Gasteiger partial charge in [0.15, 0.2) is 6.61 Å². The maximum Gasteiger partial charge on any atom is 0.422 e. The molecule has 0 unspecified atom stereocenters. The highest BCUT2D eigenvalue weighted by atomic mass is 35.5. The van der Waals surface area contributed by atoms with Crippen LogP contribution in [0.3, 0.4) is 0 Å². The molecule has 10 heteroatoms. The van der Waals surface area contributed by atoms with Crippen LogP contribution in [0.1, 0.15) is 26.3 Å². The Morgan fingerprint density at radius 3 is 2.18 bits per heavy atom. The molecule has 0 aromatic heterocycles. The van der Waals surface area contributed by atoms with Gasteiger partial charge in [0.1, 0.15) is 17.2 Å². The van der Waals surface area contributed by atoms with Gasteiger partial charge < -0.3 is 19.9 Å². The second kappa shape index (κ2) is 9.83. The summed E-state index contributed by atoms with van der Waals surface area (Å²) in [5.74, 6) is -1.25. The molecular weight excluding hydrogens is 463 g/mol. The number of hydrogen-bond acceptors (Lipinski definition) is 4. The van der Waals surface area contributed by atoms with Gasteiger partial charge in [-0.3, -0.25) is 4.79 Å². The molecule has 0 fully saturated rings. The third kappa shape index (κ3) is 6.63. The van der Waals surface area contributed by atoms with Gasteiger partial charge in [-0.15, -0.1) is 0 Å². The van der Waals surface area contributed by atoms with E-state index in [1.54, 1.807) is 6.92 Å². The molecule has 3 aromatic carbocycles. The van der Waals surface area contributed by atoms with Crippen molar-refractivity contribution in [2.75, 3.05) is 11.9 Å². The first-order valence-corrected chi connectivity index (χ1v) is 9.82. The average Bonchev–Trinajstić information content (AvgIpc) is 2.75. The van der Waals surface area contributed by atoms with Crippen molar-refractivity contribution in [2.24, 2.45) is 0 Å². The van der Waals surface area contributed by atoms with Crippen LogP contribution >= 0.6 is 11.6 Å². The maximum atomic E-state index is 12.9. The van der Waals surface area contributed by atoms with Gasteiger partial charge in [0.25, 0.3) is 5.91 Å². The Balaban J connectivity index is 1.79. The molecule has 0 aliphatic rings. The van der Waals surface area contributed by atoms with Crippen molar-refractivity contribution in [3.05, 3.63) is 82.4 Å². The first-order chi connectivity index (χ1) is 15.5. The number of halogens is 4. The lowest BCUT2D eigenvalue weighted by Crippen LogP contribution is -2.19. The quantitative estimate of drug-likeness (QED) is 0.413. The molecule has 33 heavy (non-hydrogen) atoms. The second-order valence-electron chi connectivity index (χ2n) is 6.91. The highest BCUT2D eigenvalue weighted by Crippen LogP contribution is 2.32. The van der Waals surface area contributed by atoms with Gasteiger partial charge in [-0.1, -0.05) is 11.6 Å². The molecule has 0 atom stereocenters. The highest BCUT2D eigenvalue weighted by Gasteiger charge is 2.28. The Hall–Kier alpha value is -3.72. The number of carboxylic acid groups (broad SMARTS) is 1.